The number of nitrogens with two attached hydrogens (primary N) is 1. The van der Waals surface area contributed by atoms with Gasteiger partial charge in [0.1, 0.15) is 5.75 Å². The van der Waals surface area contributed by atoms with E-state index >= 15 is 0 Å². The van der Waals surface area contributed by atoms with Crippen LogP contribution in [-0.4, -0.2) is 42.1 Å². The third-order valence-electron chi connectivity index (χ3n) is 4.19. The van der Waals surface area contributed by atoms with Crippen molar-refractivity contribution in [3.8, 4) is 5.75 Å². The molecule has 1 aromatic rings. The van der Waals surface area contributed by atoms with Crippen LogP contribution in [0.1, 0.15) is 31.4 Å². The summed E-state index contributed by atoms with van der Waals surface area (Å²) >= 11 is 0. The predicted octanol–water partition coefficient (Wildman–Crippen LogP) is 1.24. The number of amides is 1. The van der Waals surface area contributed by atoms with Crippen molar-refractivity contribution in [3.63, 3.8) is 0 Å². The number of hydrogen-bond donors (Lipinski definition) is 3. The van der Waals surface area contributed by atoms with Gasteiger partial charge in [-0.1, -0.05) is 12.1 Å². The molecule has 1 aromatic carbocycles. The smallest absolute Gasteiger partial charge is 0.224 e. The van der Waals surface area contributed by atoms with Gasteiger partial charge in [0.25, 0.3) is 0 Å². The van der Waals surface area contributed by atoms with Gasteiger partial charge < -0.3 is 16.2 Å². The SMILES string of the molecule is CC(c1ccc(O)cc1)N1CCCC(C(=O)NCCN)C1. The van der Waals surface area contributed by atoms with E-state index in [1.54, 1.807) is 12.1 Å². The van der Waals surface area contributed by atoms with Crippen LogP contribution in [0.25, 0.3) is 0 Å². The summed E-state index contributed by atoms with van der Waals surface area (Å²) in [7, 11) is 0. The number of hydrogen-bond acceptors (Lipinski definition) is 4. The second-order valence-corrected chi connectivity index (χ2v) is 5.68. The highest BCUT2D eigenvalue weighted by molar-refractivity contribution is 5.78. The van der Waals surface area contributed by atoms with E-state index in [4.69, 9.17) is 5.73 Å². The second kappa shape index (κ2) is 7.43. The average Bonchev–Trinajstić information content (AvgIpc) is 2.52. The number of benzene rings is 1. The lowest BCUT2D eigenvalue weighted by atomic mass is 9.94. The molecule has 2 rings (SSSR count). The number of likely N-dealkylation sites (tertiary alicyclic amines) is 1. The molecule has 21 heavy (non-hydrogen) atoms. The van der Waals surface area contributed by atoms with E-state index in [1.807, 2.05) is 12.1 Å². The number of piperidine rings is 1. The number of carbonyl (C=O) groups excluding carboxylic acids is 1. The van der Waals surface area contributed by atoms with Crippen molar-refractivity contribution in [2.45, 2.75) is 25.8 Å². The standard InChI is InChI=1S/C16H25N3O2/c1-12(13-4-6-15(20)7-5-13)19-10-2-3-14(11-19)16(21)18-9-8-17/h4-7,12,14,20H,2-3,8-11,17H2,1H3,(H,18,21). The van der Waals surface area contributed by atoms with Gasteiger partial charge >= 0.3 is 0 Å². The molecule has 2 unspecified atom stereocenters. The molecule has 4 N–H and O–H groups in total. The van der Waals surface area contributed by atoms with Crippen LogP contribution < -0.4 is 11.1 Å². The monoisotopic (exact) mass is 291 g/mol. The molecule has 1 amide bonds. The topological polar surface area (TPSA) is 78.6 Å². The van der Waals surface area contributed by atoms with E-state index in [1.165, 1.54) is 0 Å². The van der Waals surface area contributed by atoms with Crippen LogP contribution in [0.5, 0.6) is 5.75 Å². The van der Waals surface area contributed by atoms with Gasteiger partial charge in [0.05, 0.1) is 5.92 Å². The summed E-state index contributed by atoms with van der Waals surface area (Å²) in [5.41, 5.74) is 6.59. The summed E-state index contributed by atoms with van der Waals surface area (Å²) in [6.07, 6.45) is 1.97. The van der Waals surface area contributed by atoms with Crippen molar-refractivity contribution < 1.29 is 9.90 Å². The van der Waals surface area contributed by atoms with Crippen LogP contribution in [-0.2, 0) is 4.79 Å². The zero-order valence-corrected chi connectivity index (χ0v) is 12.6. The Morgan fingerprint density at radius 1 is 1.48 bits per heavy atom. The van der Waals surface area contributed by atoms with Crippen LogP contribution in [0.2, 0.25) is 0 Å². The van der Waals surface area contributed by atoms with Gasteiger partial charge in [-0.05, 0) is 44.0 Å². The Morgan fingerprint density at radius 3 is 2.86 bits per heavy atom. The predicted molar refractivity (Wildman–Crippen MR) is 82.9 cm³/mol. The molecule has 1 fully saturated rings. The quantitative estimate of drug-likeness (QED) is 0.762. The first-order valence-electron chi connectivity index (χ1n) is 7.62. The first-order chi connectivity index (χ1) is 10.1. The highest BCUT2D eigenvalue weighted by Crippen LogP contribution is 2.27. The summed E-state index contributed by atoms with van der Waals surface area (Å²) in [6, 6.07) is 7.55. The fourth-order valence-electron chi connectivity index (χ4n) is 2.88. The first-order valence-corrected chi connectivity index (χ1v) is 7.62. The minimum Gasteiger partial charge on any atom is -0.508 e. The molecule has 1 heterocycles. The fourth-order valence-corrected chi connectivity index (χ4v) is 2.88. The maximum absolute atomic E-state index is 12.1. The number of phenolic OH excluding ortho intramolecular Hbond substituents is 1. The van der Waals surface area contributed by atoms with Crippen molar-refractivity contribution in [3.05, 3.63) is 29.8 Å². The van der Waals surface area contributed by atoms with Crippen LogP contribution in [0.3, 0.4) is 0 Å². The largest absolute Gasteiger partial charge is 0.508 e. The minimum absolute atomic E-state index is 0.0462. The molecule has 0 bridgehead atoms. The number of rotatable bonds is 5. The van der Waals surface area contributed by atoms with Crippen LogP contribution in [0, 0.1) is 5.92 Å². The third kappa shape index (κ3) is 4.19. The molecule has 0 aromatic heterocycles. The lowest BCUT2D eigenvalue weighted by Crippen LogP contribution is -2.44. The second-order valence-electron chi connectivity index (χ2n) is 5.68. The van der Waals surface area contributed by atoms with Gasteiger partial charge in [0.15, 0.2) is 0 Å². The van der Waals surface area contributed by atoms with E-state index in [0.29, 0.717) is 13.1 Å². The molecule has 0 aliphatic carbocycles. The van der Waals surface area contributed by atoms with Gasteiger partial charge in [-0.3, -0.25) is 9.69 Å². The summed E-state index contributed by atoms with van der Waals surface area (Å²) < 4.78 is 0. The van der Waals surface area contributed by atoms with E-state index in [0.717, 1.165) is 31.5 Å². The highest BCUT2D eigenvalue weighted by Gasteiger charge is 2.28. The van der Waals surface area contributed by atoms with E-state index in [9.17, 15) is 9.90 Å². The molecule has 1 aliphatic heterocycles. The average molecular weight is 291 g/mol. The number of phenols is 1. The minimum atomic E-state index is 0.0462. The summed E-state index contributed by atoms with van der Waals surface area (Å²) in [5.74, 6) is 0.441. The van der Waals surface area contributed by atoms with E-state index in [2.05, 4.69) is 17.1 Å². The first kappa shape index (κ1) is 15.8. The number of aromatic hydroxyl groups is 1. The Kier molecular flexibility index (Phi) is 5.59. The third-order valence-corrected chi connectivity index (χ3v) is 4.19. The maximum Gasteiger partial charge on any atom is 0.224 e. The Balaban J connectivity index is 1.96. The fraction of sp³-hybridized carbons (Fsp3) is 0.562. The van der Waals surface area contributed by atoms with Crippen molar-refractivity contribution in [2.24, 2.45) is 11.7 Å². The van der Waals surface area contributed by atoms with E-state index < -0.39 is 0 Å². The Morgan fingerprint density at radius 2 is 2.19 bits per heavy atom. The lowest BCUT2D eigenvalue weighted by molar-refractivity contribution is -0.126. The molecule has 5 heteroatoms. The van der Waals surface area contributed by atoms with Crippen LogP contribution in [0.4, 0.5) is 0 Å². The maximum atomic E-state index is 12.1. The van der Waals surface area contributed by atoms with Gasteiger partial charge in [0.2, 0.25) is 5.91 Å². The Labute approximate surface area is 126 Å². The molecule has 2 atom stereocenters. The highest BCUT2D eigenvalue weighted by atomic mass is 16.3. The van der Waals surface area contributed by atoms with E-state index in [-0.39, 0.29) is 23.6 Å². The number of nitrogens with one attached hydrogen (secondary N) is 1. The summed E-state index contributed by atoms with van der Waals surface area (Å²) in [4.78, 5) is 14.4. The molecule has 0 spiro atoms. The van der Waals surface area contributed by atoms with Crippen molar-refractivity contribution >= 4 is 5.91 Å². The molecular formula is C16H25N3O2. The summed E-state index contributed by atoms with van der Waals surface area (Å²) in [5, 5.41) is 12.3. The zero-order valence-electron chi connectivity index (χ0n) is 12.6. The zero-order chi connectivity index (χ0) is 15.2. The van der Waals surface area contributed by atoms with Crippen LogP contribution in [0.15, 0.2) is 24.3 Å². The molecule has 1 aliphatic rings. The van der Waals surface area contributed by atoms with Crippen molar-refractivity contribution in [1.82, 2.24) is 10.2 Å². The number of nitrogens with zero attached hydrogens (tertiary/aromatic N) is 1. The Hall–Kier alpha value is -1.59. The summed E-state index contributed by atoms with van der Waals surface area (Å²) in [6.45, 7) is 4.95. The molecule has 1 saturated heterocycles. The molecule has 5 nitrogen and oxygen atoms in total. The molecule has 116 valence electrons. The number of carbonyl (C=O) groups is 1. The Bertz CT molecular complexity index is 461. The normalized spacial score (nSPS) is 21.0. The van der Waals surface area contributed by atoms with Gasteiger partial charge in [0, 0.05) is 25.7 Å². The van der Waals surface area contributed by atoms with Crippen molar-refractivity contribution in [2.75, 3.05) is 26.2 Å². The van der Waals surface area contributed by atoms with Crippen LogP contribution >= 0.6 is 0 Å². The van der Waals surface area contributed by atoms with Crippen molar-refractivity contribution in [1.29, 1.82) is 0 Å². The van der Waals surface area contributed by atoms with Gasteiger partial charge in [-0.15, -0.1) is 0 Å². The van der Waals surface area contributed by atoms with Gasteiger partial charge in [-0.2, -0.15) is 0 Å². The lowest BCUT2D eigenvalue weighted by Gasteiger charge is -2.36. The molecule has 0 radical (unpaired) electrons. The molecular weight excluding hydrogens is 266 g/mol. The molecule has 0 saturated carbocycles. The van der Waals surface area contributed by atoms with Gasteiger partial charge in [-0.25, -0.2) is 0 Å².